The molecule has 0 saturated carbocycles. The molecule has 0 amide bonds. The molecule has 0 aliphatic heterocycles. The number of hydrogen-bond donors (Lipinski definition) is 2. The van der Waals surface area contributed by atoms with Crippen molar-refractivity contribution in [3.8, 4) is 0 Å². The van der Waals surface area contributed by atoms with E-state index in [0.29, 0.717) is 12.0 Å². The minimum Gasteiger partial charge on any atom is -0.469 e. The first-order valence-electron chi connectivity index (χ1n) is 5.69. The second kappa shape index (κ2) is 6.64. The van der Waals surface area contributed by atoms with Gasteiger partial charge in [-0.3, -0.25) is 0 Å². The molecule has 3 nitrogen and oxygen atoms in total. The summed E-state index contributed by atoms with van der Waals surface area (Å²) in [6, 6.07) is 4.23. The first kappa shape index (κ1) is 12.3. The van der Waals surface area contributed by atoms with Crippen LogP contribution in [0, 0.1) is 5.92 Å². The van der Waals surface area contributed by atoms with Crippen LogP contribution in [0.15, 0.2) is 22.8 Å². The Morgan fingerprint density at radius 1 is 1.40 bits per heavy atom. The summed E-state index contributed by atoms with van der Waals surface area (Å²) in [4.78, 5) is 0. The van der Waals surface area contributed by atoms with E-state index in [2.05, 4.69) is 19.2 Å². The Morgan fingerprint density at radius 2 is 2.20 bits per heavy atom. The van der Waals surface area contributed by atoms with Gasteiger partial charge in [-0.05, 0) is 31.0 Å². The molecule has 1 atom stereocenters. The zero-order chi connectivity index (χ0) is 11.1. The first-order valence-corrected chi connectivity index (χ1v) is 5.69. The molecule has 0 radical (unpaired) electrons. The fourth-order valence-corrected chi connectivity index (χ4v) is 1.39. The van der Waals surface area contributed by atoms with E-state index in [9.17, 15) is 0 Å². The van der Waals surface area contributed by atoms with Crippen molar-refractivity contribution >= 4 is 0 Å². The summed E-state index contributed by atoms with van der Waals surface area (Å²) in [5, 5.41) is 3.37. The lowest BCUT2D eigenvalue weighted by Gasteiger charge is -2.15. The summed E-state index contributed by atoms with van der Waals surface area (Å²) in [7, 11) is 0. The van der Waals surface area contributed by atoms with Gasteiger partial charge in [0, 0.05) is 19.0 Å². The van der Waals surface area contributed by atoms with Gasteiger partial charge in [-0.25, -0.2) is 0 Å². The van der Waals surface area contributed by atoms with Gasteiger partial charge in [0.25, 0.3) is 0 Å². The van der Waals surface area contributed by atoms with Crippen molar-refractivity contribution in [1.82, 2.24) is 5.32 Å². The molecule has 0 saturated heterocycles. The van der Waals surface area contributed by atoms with Crippen molar-refractivity contribution in [1.29, 1.82) is 0 Å². The van der Waals surface area contributed by atoms with E-state index in [4.69, 9.17) is 10.2 Å². The van der Waals surface area contributed by atoms with Gasteiger partial charge in [-0.2, -0.15) is 0 Å². The highest BCUT2D eigenvalue weighted by Gasteiger charge is 2.06. The Balaban J connectivity index is 1.98. The molecule has 0 bridgehead atoms. The van der Waals surface area contributed by atoms with E-state index < -0.39 is 0 Å². The van der Waals surface area contributed by atoms with Gasteiger partial charge in [0.2, 0.25) is 0 Å². The molecule has 0 fully saturated rings. The zero-order valence-corrected chi connectivity index (χ0v) is 9.70. The van der Waals surface area contributed by atoms with Gasteiger partial charge >= 0.3 is 0 Å². The maximum absolute atomic E-state index is 5.93. The normalized spacial score (nSPS) is 13.3. The third kappa shape index (κ3) is 5.00. The summed E-state index contributed by atoms with van der Waals surface area (Å²) in [6.07, 6.45) is 3.70. The van der Waals surface area contributed by atoms with Crippen LogP contribution in [0.1, 0.15) is 26.0 Å². The molecule has 1 aromatic heterocycles. The predicted molar refractivity (Wildman–Crippen MR) is 62.7 cm³/mol. The SMILES string of the molecule is CC(C)C(N)CCNCCc1ccco1. The highest BCUT2D eigenvalue weighted by Crippen LogP contribution is 2.02. The summed E-state index contributed by atoms with van der Waals surface area (Å²) < 4.78 is 5.23. The summed E-state index contributed by atoms with van der Waals surface area (Å²) in [6.45, 7) is 6.26. The van der Waals surface area contributed by atoms with Crippen LogP contribution in [0.25, 0.3) is 0 Å². The molecule has 1 heterocycles. The number of rotatable bonds is 7. The summed E-state index contributed by atoms with van der Waals surface area (Å²) in [5.74, 6) is 1.60. The lowest BCUT2D eigenvalue weighted by molar-refractivity contribution is 0.444. The molecule has 15 heavy (non-hydrogen) atoms. The molecular formula is C12H22N2O. The monoisotopic (exact) mass is 210 g/mol. The Hall–Kier alpha value is -0.800. The molecule has 0 aliphatic rings. The lowest BCUT2D eigenvalue weighted by atomic mass is 10.0. The average molecular weight is 210 g/mol. The largest absolute Gasteiger partial charge is 0.469 e. The number of nitrogens with two attached hydrogens (primary N) is 1. The van der Waals surface area contributed by atoms with Gasteiger partial charge < -0.3 is 15.5 Å². The van der Waals surface area contributed by atoms with Crippen molar-refractivity contribution in [3.05, 3.63) is 24.2 Å². The number of nitrogens with one attached hydrogen (secondary N) is 1. The molecular weight excluding hydrogens is 188 g/mol. The lowest BCUT2D eigenvalue weighted by Crippen LogP contribution is -2.31. The Morgan fingerprint density at radius 3 is 2.80 bits per heavy atom. The average Bonchev–Trinajstić information content (AvgIpc) is 2.69. The molecule has 86 valence electrons. The van der Waals surface area contributed by atoms with Gasteiger partial charge in [-0.15, -0.1) is 0 Å². The maximum Gasteiger partial charge on any atom is 0.105 e. The van der Waals surface area contributed by atoms with Crippen molar-refractivity contribution in [3.63, 3.8) is 0 Å². The van der Waals surface area contributed by atoms with E-state index in [1.165, 1.54) is 0 Å². The summed E-state index contributed by atoms with van der Waals surface area (Å²) >= 11 is 0. The fraction of sp³-hybridized carbons (Fsp3) is 0.667. The van der Waals surface area contributed by atoms with E-state index in [1.807, 2.05) is 12.1 Å². The van der Waals surface area contributed by atoms with Crippen LogP contribution in [0.2, 0.25) is 0 Å². The Kier molecular flexibility index (Phi) is 5.43. The molecule has 0 spiro atoms. The molecule has 0 aromatic carbocycles. The summed E-state index contributed by atoms with van der Waals surface area (Å²) in [5.41, 5.74) is 5.93. The second-order valence-electron chi connectivity index (χ2n) is 4.28. The first-order chi connectivity index (χ1) is 7.20. The molecule has 1 rings (SSSR count). The topological polar surface area (TPSA) is 51.2 Å². The fourth-order valence-electron chi connectivity index (χ4n) is 1.39. The number of hydrogen-bond acceptors (Lipinski definition) is 3. The van der Waals surface area contributed by atoms with Gasteiger partial charge in [0.1, 0.15) is 5.76 Å². The molecule has 3 heteroatoms. The predicted octanol–water partition coefficient (Wildman–Crippen LogP) is 1.79. The highest BCUT2D eigenvalue weighted by molar-refractivity contribution is 4.98. The van der Waals surface area contributed by atoms with E-state index >= 15 is 0 Å². The standard InChI is InChI=1S/C12H22N2O/c1-10(2)12(13)6-8-14-7-5-11-4-3-9-15-11/h3-4,9-10,12,14H,5-8,13H2,1-2H3. The molecule has 1 aromatic rings. The smallest absolute Gasteiger partial charge is 0.105 e. The van der Waals surface area contributed by atoms with Crippen molar-refractivity contribution in [2.45, 2.75) is 32.7 Å². The van der Waals surface area contributed by atoms with Gasteiger partial charge in [0.15, 0.2) is 0 Å². The van der Waals surface area contributed by atoms with Gasteiger partial charge in [0.05, 0.1) is 6.26 Å². The van der Waals surface area contributed by atoms with Crippen molar-refractivity contribution in [2.24, 2.45) is 11.7 Å². The molecule has 3 N–H and O–H groups in total. The minimum absolute atomic E-state index is 0.307. The third-order valence-electron chi connectivity index (χ3n) is 2.64. The highest BCUT2D eigenvalue weighted by atomic mass is 16.3. The van der Waals surface area contributed by atoms with E-state index in [0.717, 1.165) is 31.7 Å². The zero-order valence-electron chi connectivity index (χ0n) is 9.70. The van der Waals surface area contributed by atoms with E-state index in [1.54, 1.807) is 6.26 Å². The number of furan rings is 1. The van der Waals surface area contributed by atoms with Crippen LogP contribution in [0.5, 0.6) is 0 Å². The molecule has 1 unspecified atom stereocenters. The Labute approximate surface area is 92.0 Å². The third-order valence-corrected chi connectivity index (χ3v) is 2.64. The van der Waals surface area contributed by atoms with Crippen molar-refractivity contribution in [2.75, 3.05) is 13.1 Å². The van der Waals surface area contributed by atoms with Gasteiger partial charge in [-0.1, -0.05) is 13.8 Å². The van der Waals surface area contributed by atoms with Crippen LogP contribution in [-0.4, -0.2) is 19.1 Å². The quantitative estimate of drug-likeness (QED) is 0.675. The minimum atomic E-state index is 0.307. The molecule has 0 aliphatic carbocycles. The van der Waals surface area contributed by atoms with Crippen LogP contribution in [-0.2, 0) is 6.42 Å². The van der Waals surface area contributed by atoms with Crippen LogP contribution < -0.4 is 11.1 Å². The second-order valence-corrected chi connectivity index (χ2v) is 4.28. The van der Waals surface area contributed by atoms with Crippen LogP contribution >= 0.6 is 0 Å². The van der Waals surface area contributed by atoms with Crippen LogP contribution in [0.3, 0.4) is 0 Å². The van der Waals surface area contributed by atoms with E-state index in [-0.39, 0.29) is 0 Å². The van der Waals surface area contributed by atoms with Crippen molar-refractivity contribution < 1.29 is 4.42 Å². The maximum atomic E-state index is 5.93. The van der Waals surface area contributed by atoms with Crippen LogP contribution in [0.4, 0.5) is 0 Å². The Bertz CT molecular complexity index is 244.